The molecule has 3 nitrogen and oxygen atoms in total. The fourth-order valence-corrected chi connectivity index (χ4v) is 1.13. The summed E-state index contributed by atoms with van der Waals surface area (Å²) in [6, 6.07) is 4.12. The summed E-state index contributed by atoms with van der Waals surface area (Å²) < 4.78 is 17.8. The van der Waals surface area contributed by atoms with E-state index in [1.54, 1.807) is 0 Å². The van der Waals surface area contributed by atoms with Gasteiger partial charge < -0.3 is 9.84 Å². The Hall–Kier alpha value is -1.13. The van der Waals surface area contributed by atoms with Crippen LogP contribution in [0, 0.1) is 5.82 Å². The molecule has 0 heterocycles. The van der Waals surface area contributed by atoms with E-state index in [2.05, 4.69) is 0 Å². The van der Waals surface area contributed by atoms with Crippen molar-refractivity contribution < 1.29 is 19.0 Å². The van der Waals surface area contributed by atoms with Crippen molar-refractivity contribution in [1.29, 1.82) is 0 Å². The molecule has 0 aliphatic carbocycles. The summed E-state index contributed by atoms with van der Waals surface area (Å²) in [4.78, 5) is 10.4. The number of benzene rings is 1. The molecule has 0 radical (unpaired) electrons. The lowest BCUT2D eigenvalue weighted by Crippen LogP contribution is -2.19. The average Bonchev–Trinajstić information content (AvgIpc) is 2.19. The van der Waals surface area contributed by atoms with E-state index in [1.165, 1.54) is 25.1 Å². The van der Waals surface area contributed by atoms with Crippen LogP contribution in [0.1, 0.15) is 12.5 Å². The van der Waals surface area contributed by atoms with Crippen molar-refractivity contribution in [3.8, 4) is 0 Å². The number of carboxylic acid groups (broad SMARTS) is 1. The van der Waals surface area contributed by atoms with E-state index >= 15 is 0 Å². The summed E-state index contributed by atoms with van der Waals surface area (Å²) in [5, 5.41) is 8.55. The number of carbonyl (C=O) groups is 1. The molecule has 0 bridgehead atoms. The Morgan fingerprint density at radius 3 is 2.87 bits per heavy atom. The lowest BCUT2D eigenvalue weighted by Gasteiger charge is -2.08. The van der Waals surface area contributed by atoms with E-state index in [-0.39, 0.29) is 11.6 Å². The van der Waals surface area contributed by atoms with Crippen LogP contribution >= 0.6 is 11.6 Å². The molecule has 1 rings (SSSR count). The third-order valence-electron chi connectivity index (χ3n) is 1.83. The van der Waals surface area contributed by atoms with Gasteiger partial charge in [0.2, 0.25) is 0 Å². The third-order valence-corrected chi connectivity index (χ3v) is 2.12. The molecule has 0 aromatic heterocycles. The Morgan fingerprint density at radius 2 is 2.33 bits per heavy atom. The van der Waals surface area contributed by atoms with Crippen LogP contribution in [-0.2, 0) is 16.1 Å². The van der Waals surface area contributed by atoms with Gasteiger partial charge in [0.15, 0.2) is 6.10 Å². The van der Waals surface area contributed by atoms with Gasteiger partial charge >= 0.3 is 5.97 Å². The minimum Gasteiger partial charge on any atom is -0.479 e. The van der Waals surface area contributed by atoms with Crippen molar-refractivity contribution in [3.63, 3.8) is 0 Å². The number of ether oxygens (including phenoxy) is 1. The Morgan fingerprint density at radius 1 is 1.67 bits per heavy atom. The quantitative estimate of drug-likeness (QED) is 0.868. The molecule has 1 N–H and O–H groups in total. The molecule has 5 heteroatoms. The Bertz CT molecular complexity index is 368. The molecule has 15 heavy (non-hydrogen) atoms. The summed E-state index contributed by atoms with van der Waals surface area (Å²) in [7, 11) is 0. The minimum absolute atomic E-state index is 0.000854. The van der Waals surface area contributed by atoms with Gasteiger partial charge in [0.05, 0.1) is 11.6 Å². The van der Waals surface area contributed by atoms with Crippen LogP contribution in [0.4, 0.5) is 4.39 Å². The van der Waals surface area contributed by atoms with Crippen molar-refractivity contribution in [1.82, 2.24) is 0 Å². The van der Waals surface area contributed by atoms with Gasteiger partial charge in [-0.2, -0.15) is 0 Å². The predicted molar refractivity (Wildman–Crippen MR) is 53.3 cm³/mol. The molecule has 0 fully saturated rings. The number of halogens is 2. The fourth-order valence-electron chi connectivity index (χ4n) is 0.922. The van der Waals surface area contributed by atoms with Gasteiger partial charge in [-0.15, -0.1) is 0 Å². The van der Waals surface area contributed by atoms with Crippen LogP contribution in [0.2, 0.25) is 5.02 Å². The molecular weight excluding hydrogens is 223 g/mol. The largest absolute Gasteiger partial charge is 0.479 e. The lowest BCUT2D eigenvalue weighted by atomic mass is 10.2. The van der Waals surface area contributed by atoms with Crippen molar-refractivity contribution in [2.24, 2.45) is 0 Å². The Kier molecular flexibility index (Phi) is 4.05. The smallest absolute Gasteiger partial charge is 0.332 e. The van der Waals surface area contributed by atoms with Crippen LogP contribution in [0.15, 0.2) is 18.2 Å². The highest BCUT2D eigenvalue weighted by atomic mass is 35.5. The molecule has 0 aliphatic heterocycles. The molecular formula is C10H10ClFO3. The first kappa shape index (κ1) is 11.9. The zero-order chi connectivity index (χ0) is 11.4. The van der Waals surface area contributed by atoms with E-state index in [4.69, 9.17) is 21.4 Å². The molecule has 0 spiro atoms. The van der Waals surface area contributed by atoms with Gasteiger partial charge in [-0.1, -0.05) is 17.7 Å². The second-order valence-electron chi connectivity index (χ2n) is 3.04. The van der Waals surface area contributed by atoms with Crippen molar-refractivity contribution in [2.75, 3.05) is 0 Å². The lowest BCUT2D eigenvalue weighted by molar-refractivity contribution is -0.149. The van der Waals surface area contributed by atoms with Crippen molar-refractivity contribution >= 4 is 17.6 Å². The van der Waals surface area contributed by atoms with Gasteiger partial charge in [0.1, 0.15) is 5.82 Å². The summed E-state index contributed by atoms with van der Waals surface area (Å²) >= 11 is 5.54. The molecule has 1 aromatic rings. The molecule has 0 saturated heterocycles. The maximum absolute atomic E-state index is 12.8. The highest BCUT2D eigenvalue weighted by Gasteiger charge is 2.11. The summed E-state index contributed by atoms with van der Waals surface area (Å²) in [5.41, 5.74) is 0.634. The molecule has 0 unspecified atom stereocenters. The first-order valence-corrected chi connectivity index (χ1v) is 4.67. The molecule has 82 valence electrons. The summed E-state index contributed by atoms with van der Waals surface area (Å²) in [6.45, 7) is 1.51. The minimum atomic E-state index is -1.04. The van der Waals surface area contributed by atoms with E-state index < -0.39 is 17.9 Å². The van der Waals surface area contributed by atoms with Crippen LogP contribution < -0.4 is 0 Å². The predicted octanol–water partition coefficient (Wildman–Crippen LogP) is 2.47. The Balaban J connectivity index is 2.58. The van der Waals surface area contributed by atoms with Gasteiger partial charge in [0, 0.05) is 0 Å². The SMILES string of the molecule is C[C@H](OCc1ccc(F)c(Cl)c1)C(=O)O. The van der Waals surface area contributed by atoms with Crippen LogP contribution in [-0.4, -0.2) is 17.2 Å². The number of carboxylic acids is 1. The molecule has 1 atom stereocenters. The van der Waals surface area contributed by atoms with Gasteiger partial charge in [-0.25, -0.2) is 9.18 Å². The third kappa shape index (κ3) is 3.49. The summed E-state index contributed by atoms with van der Waals surface area (Å²) in [6.07, 6.45) is -0.895. The van der Waals surface area contributed by atoms with Gasteiger partial charge in [-0.3, -0.25) is 0 Å². The van der Waals surface area contributed by atoms with E-state index in [0.717, 1.165) is 0 Å². The number of hydrogen-bond donors (Lipinski definition) is 1. The zero-order valence-corrected chi connectivity index (χ0v) is 8.79. The van der Waals surface area contributed by atoms with E-state index in [1.807, 2.05) is 0 Å². The second-order valence-corrected chi connectivity index (χ2v) is 3.45. The zero-order valence-electron chi connectivity index (χ0n) is 8.04. The highest BCUT2D eigenvalue weighted by Crippen LogP contribution is 2.16. The normalized spacial score (nSPS) is 12.5. The van der Waals surface area contributed by atoms with E-state index in [9.17, 15) is 9.18 Å². The maximum atomic E-state index is 12.8. The fraction of sp³-hybridized carbons (Fsp3) is 0.300. The Labute approximate surface area is 91.4 Å². The van der Waals surface area contributed by atoms with E-state index in [0.29, 0.717) is 5.56 Å². The molecule has 1 aromatic carbocycles. The van der Waals surface area contributed by atoms with Crippen molar-refractivity contribution in [3.05, 3.63) is 34.6 Å². The first-order valence-electron chi connectivity index (χ1n) is 4.29. The standard InChI is InChI=1S/C10H10ClFO3/c1-6(10(13)14)15-5-7-2-3-9(12)8(11)4-7/h2-4,6H,5H2,1H3,(H,13,14)/t6-/m0/s1. The number of hydrogen-bond acceptors (Lipinski definition) is 2. The first-order chi connectivity index (χ1) is 7.00. The van der Waals surface area contributed by atoms with Gasteiger partial charge in [0.25, 0.3) is 0 Å². The average molecular weight is 233 g/mol. The molecule has 0 amide bonds. The van der Waals surface area contributed by atoms with Crippen LogP contribution in [0.3, 0.4) is 0 Å². The number of rotatable bonds is 4. The second kappa shape index (κ2) is 5.09. The molecule has 0 saturated carbocycles. The summed E-state index contributed by atoms with van der Waals surface area (Å²) in [5.74, 6) is -1.55. The van der Waals surface area contributed by atoms with Crippen molar-refractivity contribution in [2.45, 2.75) is 19.6 Å². The van der Waals surface area contributed by atoms with Crippen LogP contribution in [0.5, 0.6) is 0 Å². The topological polar surface area (TPSA) is 46.5 Å². The molecule has 0 aliphatic rings. The van der Waals surface area contributed by atoms with Crippen LogP contribution in [0.25, 0.3) is 0 Å². The highest BCUT2D eigenvalue weighted by molar-refractivity contribution is 6.30. The maximum Gasteiger partial charge on any atom is 0.332 e. The van der Waals surface area contributed by atoms with Gasteiger partial charge in [-0.05, 0) is 24.6 Å². The number of aliphatic carboxylic acids is 1. The monoisotopic (exact) mass is 232 g/mol.